The molecule has 0 aromatic rings. The van der Waals surface area contributed by atoms with Crippen LogP contribution in [0.4, 0.5) is 0 Å². The molecule has 0 aliphatic rings. The first kappa shape index (κ1) is 20.1. The van der Waals surface area contributed by atoms with Gasteiger partial charge in [-0.25, -0.2) is 0 Å². The third-order valence-electron chi connectivity index (χ3n) is 4.35. The molecule has 0 atom stereocenters. The van der Waals surface area contributed by atoms with Gasteiger partial charge in [-0.1, -0.05) is 78.6 Å². The zero-order chi connectivity index (χ0) is 15.5. The van der Waals surface area contributed by atoms with E-state index in [2.05, 4.69) is 20.8 Å². The van der Waals surface area contributed by atoms with Crippen molar-refractivity contribution in [2.75, 3.05) is 0 Å². The minimum atomic E-state index is -4.02. The van der Waals surface area contributed by atoms with Crippen LogP contribution in [0.25, 0.3) is 0 Å². The van der Waals surface area contributed by atoms with Crippen LogP contribution < -0.4 is 0 Å². The van der Waals surface area contributed by atoms with Gasteiger partial charge >= 0.3 is 7.60 Å². The highest BCUT2D eigenvalue weighted by molar-refractivity contribution is 7.53. The van der Waals surface area contributed by atoms with Crippen molar-refractivity contribution in [2.24, 2.45) is 0 Å². The smallest absolute Gasteiger partial charge is 0.324 e. The van der Waals surface area contributed by atoms with Gasteiger partial charge in [-0.3, -0.25) is 4.57 Å². The SMILES string of the molecule is CCCCCCCC(CCCC)(CCCC)P(=O)(O)O. The van der Waals surface area contributed by atoms with E-state index in [-0.39, 0.29) is 0 Å². The fraction of sp³-hybridized carbons (Fsp3) is 1.00. The van der Waals surface area contributed by atoms with E-state index in [1.165, 1.54) is 19.3 Å². The van der Waals surface area contributed by atoms with Gasteiger partial charge in [-0.05, 0) is 19.3 Å². The van der Waals surface area contributed by atoms with E-state index in [0.29, 0.717) is 19.3 Å². The summed E-state index contributed by atoms with van der Waals surface area (Å²) in [6, 6.07) is 0. The lowest BCUT2D eigenvalue weighted by Gasteiger charge is -2.35. The van der Waals surface area contributed by atoms with Gasteiger partial charge in [0, 0.05) is 0 Å². The van der Waals surface area contributed by atoms with Gasteiger partial charge in [0.05, 0.1) is 5.16 Å². The lowest BCUT2D eigenvalue weighted by Crippen LogP contribution is -2.29. The lowest BCUT2D eigenvalue weighted by atomic mass is 9.89. The molecule has 0 saturated carbocycles. The van der Waals surface area contributed by atoms with Crippen molar-refractivity contribution in [1.29, 1.82) is 0 Å². The summed E-state index contributed by atoms with van der Waals surface area (Å²) in [5.74, 6) is 0. The second kappa shape index (κ2) is 10.8. The highest BCUT2D eigenvalue weighted by atomic mass is 31.2. The van der Waals surface area contributed by atoms with Crippen LogP contribution in [-0.4, -0.2) is 14.9 Å². The van der Waals surface area contributed by atoms with E-state index in [0.717, 1.165) is 38.5 Å². The van der Waals surface area contributed by atoms with Crippen molar-refractivity contribution in [3.8, 4) is 0 Å². The standard InChI is InChI=1S/C16H35O3P/c1-4-7-10-11-12-15-16(13-8-5-2,14-9-6-3)20(17,18)19/h4-15H2,1-3H3,(H2,17,18,19). The molecular formula is C16H35O3P. The molecule has 0 fully saturated rings. The highest BCUT2D eigenvalue weighted by Crippen LogP contribution is 2.58. The Morgan fingerprint density at radius 2 is 1.10 bits per heavy atom. The Bertz CT molecular complexity index is 265. The summed E-state index contributed by atoms with van der Waals surface area (Å²) in [7, 11) is -4.02. The van der Waals surface area contributed by atoms with Gasteiger partial charge in [0.15, 0.2) is 0 Å². The fourth-order valence-electron chi connectivity index (χ4n) is 2.88. The van der Waals surface area contributed by atoms with Gasteiger partial charge in [0.25, 0.3) is 0 Å². The number of hydrogen-bond acceptors (Lipinski definition) is 1. The minimum Gasteiger partial charge on any atom is -0.324 e. The summed E-state index contributed by atoms with van der Waals surface area (Å²) in [6.07, 6.45) is 11.6. The summed E-state index contributed by atoms with van der Waals surface area (Å²) in [5, 5.41) is -0.745. The van der Waals surface area contributed by atoms with Crippen LogP contribution in [0.5, 0.6) is 0 Å². The maximum atomic E-state index is 12.1. The van der Waals surface area contributed by atoms with Crippen LogP contribution in [0, 0.1) is 0 Å². The van der Waals surface area contributed by atoms with Crippen molar-refractivity contribution < 1.29 is 14.4 Å². The molecule has 0 aromatic heterocycles. The van der Waals surface area contributed by atoms with Crippen molar-refractivity contribution in [3.05, 3.63) is 0 Å². The largest absolute Gasteiger partial charge is 0.331 e. The molecule has 0 aliphatic heterocycles. The molecule has 0 radical (unpaired) electrons. The molecule has 0 heterocycles. The molecule has 0 bridgehead atoms. The number of rotatable bonds is 13. The topological polar surface area (TPSA) is 57.5 Å². The highest BCUT2D eigenvalue weighted by Gasteiger charge is 2.44. The molecule has 0 spiro atoms. The van der Waals surface area contributed by atoms with Crippen molar-refractivity contribution in [2.45, 2.75) is 103 Å². The molecular weight excluding hydrogens is 271 g/mol. The molecule has 122 valence electrons. The van der Waals surface area contributed by atoms with E-state index in [1.807, 2.05) is 0 Å². The van der Waals surface area contributed by atoms with E-state index >= 15 is 0 Å². The zero-order valence-electron chi connectivity index (χ0n) is 13.7. The zero-order valence-corrected chi connectivity index (χ0v) is 14.6. The van der Waals surface area contributed by atoms with Gasteiger partial charge < -0.3 is 9.79 Å². The van der Waals surface area contributed by atoms with Gasteiger partial charge in [0.1, 0.15) is 0 Å². The lowest BCUT2D eigenvalue weighted by molar-refractivity contribution is 0.284. The van der Waals surface area contributed by atoms with Gasteiger partial charge in [0.2, 0.25) is 0 Å². The van der Waals surface area contributed by atoms with E-state index in [4.69, 9.17) is 0 Å². The van der Waals surface area contributed by atoms with Crippen molar-refractivity contribution in [1.82, 2.24) is 0 Å². The van der Waals surface area contributed by atoms with Crippen LogP contribution in [0.3, 0.4) is 0 Å². The van der Waals surface area contributed by atoms with Crippen molar-refractivity contribution >= 4 is 7.60 Å². The van der Waals surface area contributed by atoms with Crippen LogP contribution in [-0.2, 0) is 4.57 Å². The second-order valence-electron chi connectivity index (χ2n) is 6.14. The number of unbranched alkanes of at least 4 members (excludes halogenated alkanes) is 6. The molecule has 0 unspecified atom stereocenters. The Kier molecular flexibility index (Phi) is 10.9. The Hall–Kier alpha value is 0.150. The summed E-state index contributed by atoms with van der Waals surface area (Å²) < 4.78 is 12.1. The third kappa shape index (κ3) is 7.24. The molecule has 0 saturated heterocycles. The van der Waals surface area contributed by atoms with Gasteiger partial charge in [-0.2, -0.15) is 0 Å². The maximum Gasteiger partial charge on any atom is 0.331 e. The number of hydrogen-bond donors (Lipinski definition) is 2. The summed E-state index contributed by atoms with van der Waals surface area (Å²) >= 11 is 0. The summed E-state index contributed by atoms with van der Waals surface area (Å²) in [4.78, 5) is 19.8. The average Bonchev–Trinajstić information content (AvgIpc) is 2.39. The predicted molar refractivity (Wildman–Crippen MR) is 87.2 cm³/mol. The van der Waals surface area contributed by atoms with Crippen molar-refractivity contribution in [3.63, 3.8) is 0 Å². The molecule has 0 aliphatic carbocycles. The quantitative estimate of drug-likeness (QED) is 0.342. The molecule has 20 heavy (non-hydrogen) atoms. The first-order chi connectivity index (χ1) is 9.43. The Morgan fingerprint density at radius 1 is 0.700 bits per heavy atom. The fourth-order valence-corrected chi connectivity index (χ4v) is 4.23. The van der Waals surface area contributed by atoms with E-state index in [9.17, 15) is 14.4 Å². The first-order valence-electron chi connectivity index (χ1n) is 8.49. The Balaban J connectivity index is 4.66. The molecule has 4 heteroatoms. The van der Waals surface area contributed by atoms with E-state index < -0.39 is 12.8 Å². The average molecular weight is 306 g/mol. The first-order valence-corrected chi connectivity index (χ1v) is 10.1. The Morgan fingerprint density at radius 3 is 1.50 bits per heavy atom. The third-order valence-corrected chi connectivity index (χ3v) is 6.26. The van der Waals surface area contributed by atoms with Crippen LogP contribution >= 0.6 is 7.60 Å². The van der Waals surface area contributed by atoms with Crippen LogP contribution in [0.1, 0.15) is 97.8 Å². The van der Waals surface area contributed by atoms with E-state index in [1.54, 1.807) is 0 Å². The molecule has 0 amide bonds. The molecule has 2 N–H and O–H groups in total. The molecule has 0 aromatic carbocycles. The summed E-state index contributed by atoms with van der Waals surface area (Å²) in [5.41, 5.74) is 0. The second-order valence-corrected chi connectivity index (χ2v) is 8.18. The van der Waals surface area contributed by atoms with Crippen LogP contribution in [0.15, 0.2) is 0 Å². The van der Waals surface area contributed by atoms with Crippen LogP contribution in [0.2, 0.25) is 0 Å². The predicted octanol–water partition coefficient (Wildman–Crippen LogP) is 5.64. The molecule has 3 nitrogen and oxygen atoms in total. The maximum absolute atomic E-state index is 12.1. The Labute approximate surface area is 125 Å². The summed E-state index contributed by atoms with van der Waals surface area (Å²) in [6.45, 7) is 6.36. The molecule has 0 rings (SSSR count). The van der Waals surface area contributed by atoms with Gasteiger partial charge in [-0.15, -0.1) is 0 Å². The normalized spacial score (nSPS) is 12.8. The monoisotopic (exact) mass is 306 g/mol. The minimum absolute atomic E-state index is 0.682.